The van der Waals surface area contributed by atoms with Gasteiger partial charge in [-0.15, -0.1) is 0 Å². The molecule has 0 saturated carbocycles. The minimum atomic E-state index is -1.82. The normalized spacial score (nSPS) is 8.60. The van der Waals surface area contributed by atoms with E-state index in [0.29, 0.717) is 5.69 Å². The minimum Gasteiger partial charge on any atom is -0.473 e. The maximum absolute atomic E-state index is 10.7. The van der Waals surface area contributed by atoms with Crippen LogP contribution in [0.25, 0.3) is 0 Å². The summed E-state index contributed by atoms with van der Waals surface area (Å²) in [6.45, 7) is 0. The molecule has 0 aliphatic heterocycles. The molecule has 82 valence electrons. The van der Waals surface area contributed by atoms with Crippen molar-refractivity contribution in [3.63, 3.8) is 0 Å². The molecule has 7 nitrogen and oxygen atoms in total. The van der Waals surface area contributed by atoms with Gasteiger partial charge in [-0.25, -0.2) is 9.59 Å². The number of aliphatic carboxylic acids is 2. The first kappa shape index (κ1) is 12.7. The second kappa shape index (κ2) is 5.43. The molecule has 4 N–H and O–H groups in total. The fraction of sp³-hybridized carbons (Fsp3) is 0.125. The van der Waals surface area contributed by atoms with E-state index in [1.54, 1.807) is 19.3 Å². The molecule has 1 heterocycles. The van der Waals surface area contributed by atoms with E-state index in [4.69, 9.17) is 25.5 Å². The summed E-state index contributed by atoms with van der Waals surface area (Å²) in [4.78, 5) is 28.9. The summed E-state index contributed by atoms with van der Waals surface area (Å²) in [5.74, 6) is -3.65. The molecule has 0 spiro atoms. The van der Waals surface area contributed by atoms with Gasteiger partial charge in [-0.1, -0.05) is 0 Å². The van der Waals surface area contributed by atoms with Crippen molar-refractivity contribution < 1.29 is 19.8 Å². The lowest BCUT2D eigenvalue weighted by molar-refractivity contribution is -0.159. The Kier molecular flexibility index (Phi) is 4.59. The van der Waals surface area contributed by atoms with E-state index in [1.165, 1.54) is 10.6 Å². The zero-order chi connectivity index (χ0) is 12.0. The fourth-order valence-electron chi connectivity index (χ4n) is 0.615. The van der Waals surface area contributed by atoms with Crippen molar-refractivity contribution in [2.24, 2.45) is 7.05 Å². The highest BCUT2D eigenvalue weighted by Gasteiger charge is 2.04. The lowest BCUT2D eigenvalue weighted by Gasteiger charge is -1.95. The average molecular weight is 214 g/mol. The van der Waals surface area contributed by atoms with E-state index < -0.39 is 11.9 Å². The highest BCUT2D eigenvalue weighted by atomic mass is 16.4. The van der Waals surface area contributed by atoms with Crippen molar-refractivity contribution in [1.29, 1.82) is 0 Å². The Morgan fingerprint density at radius 2 is 1.73 bits per heavy atom. The number of carbonyl (C=O) groups is 2. The first-order valence-corrected chi connectivity index (χ1v) is 3.73. The maximum atomic E-state index is 10.7. The number of nitrogen functional groups attached to an aromatic ring is 1. The number of hydrogen-bond donors (Lipinski definition) is 3. The Balaban J connectivity index is 0.000000288. The Morgan fingerprint density at radius 3 is 2.00 bits per heavy atom. The van der Waals surface area contributed by atoms with Crippen LogP contribution in [0.2, 0.25) is 0 Å². The standard InChI is InChI=1S/C6H8N2O.C2H2O4/c1-8-4-5(7)2-3-6(8)9;3-1(4)2(5)6/h2-4H,7H2,1H3;(H,3,4)(H,5,6). The van der Waals surface area contributed by atoms with Crippen LogP contribution >= 0.6 is 0 Å². The Morgan fingerprint density at radius 1 is 1.27 bits per heavy atom. The molecule has 1 rings (SSSR count). The number of carboxylic acid groups (broad SMARTS) is 2. The molecule has 7 heteroatoms. The van der Waals surface area contributed by atoms with Crippen LogP contribution in [-0.2, 0) is 16.6 Å². The van der Waals surface area contributed by atoms with Crippen LogP contribution in [0.4, 0.5) is 5.69 Å². The third kappa shape index (κ3) is 5.09. The molecule has 0 bridgehead atoms. The molecule has 0 radical (unpaired) electrons. The Labute approximate surface area is 84.4 Å². The van der Waals surface area contributed by atoms with Crippen LogP contribution in [0.3, 0.4) is 0 Å². The van der Waals surface area contributed by atoms with Gasteiger partial charge < -0.3 is 20.5 Å². The third-order valence-corrected chi connectivity index (χ3v) is 1.29. The number of hydrogen-bond acceptors (Lipinski definition) is 4. The smallest absolute Gasteiger partial charge is 0.414 e. The fourth-order valence-corrected chi connectivity index (χ4v) is 0.615. The molecule has 1 aromatic rings. The van der Waals surface area contributed by atoms with Crippen molar-refractivity contribution in [1.82, 2.24) is 4.57 Å². The molecule has 0 saturated heterocycles. The summed E-state index contributed by atoms with van der Waals surface area (Å²) in [5.41, 5.74) is 5.94. The second-order valence-corrected chi connectivity index (χ2v) is 2.52. The van der Waals surface area contributed by atoms with Crippen LogP contribution in [0, 0.1) is 0 Å². The number of aromatic nitrogens is 1. The Bertz CT molecular complexity index is 411. The first-order valence-electron chi connectivity index (χ1n) is 3.73. The second-order valence-electron chi connectivity index (χ2n) is 2.52. The summed E-state index contributed by atoms with van der Waals surface area (Å²) in [6.07, 6.45) is 1.59. The molecule has 0 aliphatic rings. The van der Waals surface area contributed by atoms with Crippen molar-refractivity contribution >= 4 is 17.6 Å². The van der Waals surface area contributed by atoms with Gasteiger partial charge in [-0.3, -0.25) is 4.79 Å². The maximum Gasteiger partial charge on any atom is 0.414 e. The van der Waals surface area contributed by atoms with E-state index in [0.717, 1.165) is 0 Å². The number of aryl methyl sites for hydroxylation is 1. The predicted molar refractivity (Wildman–Crippen MR) is 51.4 cm³/mol. The molecule has 0 aromatic carbocycles. The number of carboxylic acids is 2. The Hall–Kier alpha value is -2.31. The van der Waals surface area contributed by atoms with Crippen molar-refractivity contribution in [2.45, 2.75) is 0 Å². The summed E-state index contributed by atoms with van der Waals surface area (Å²) in [7, 11) is 1.67. The number of pyridine rings is 1. The van der Waals surface area contributed by atoms with Gasteiger partial charge in [0.15, 0.2) is 0 Å². The van der Waals surface area contributed by atoms with Crippen LogP contribution in [0.5, 0.6) is 0 Å². The van der Waals surface area contributed by atoms with Gasteiger partial charge in [0.05, 0.1) is 0 Å². The molecular formula is C8H10N2O5. The molecular weight excluding hydrogens is 204 g/mol. The van der Waals surface area contributed by atoms with E-state index in [9.17, 15) is 4.79 Å². The summed E-state index contributed by atoms with van der Waals surface area (Å²) in [5, 5.41) is 14.8. The number of nitrogens with zero attached hydrogens (tertiary/aromatic N) is 1. The minimum absolute atomic E-state index is 0.0378. The third-order valence-electron chi connectivity index (χ3n) is 1.29. The van der Waals surface area contributed by atoms with Gasteiger partial charge in [0.1, 0.15) is 0 Å². The van der Waals surface area contributed by atoms with E-state index in [-0.39, 0.29) is 5.56 Å². The molecule has 0 unspecified atom stereocenters. The largest absolute Gasteiger partial charge is 0.473 e. The van der Waals surface area contributed by atoms with Gasteiger partial charge in [0.2, 0.25) is 5.56 Å². The van der Waals surface area contributed by atoms with Gasteiger partial charge >= 0.3 is 11.9 Å². The van der Waals surface area contributed by atoms with E-state index in [1.807, 2.05) is 0 Å². The van der Waals surface area contributed by atoms with Crippen LogP contribution < -0.4 is 11.3 Å². The summed E-state index contributed by atoms with van der Waals surface area (Å²) >= 11 is 0. The molecule has 0 atom stereocenters. The SMILES string of the molecule is Cn1cc(N)ccc1=O.O=C(O)C(=O)O. The van der Waals surface area contributed by atoms with Gasteiger partial charge in [0.25, 0.3) is 0 Å². The molecule has 1 aromatic heterocycles. The zero-order valence-corrected chi connectivity index (χ0v) is 7.88. The topological polar surface area (TPSA) is 123 Å². The van der Waals surface area contributed by atoms with Gasteiger partial charge in [-0.05, 0) is 6.07 Å². The molecule has 15 heavy (non-hydrogen) atoms. The van der Waals surface area contributed by atoms with Crippen molar-refractivity contribution in [2.75, 3.05) is 5.73 Å². The summed E-state index contributed by atoms with van der Waals surface area (Å²) < 4.78 is 1.44. The van der Waals surface area contributed by atoms with Crippen LogP contribution in [0.15, 0.2) is 23.1 Å². The quantitative estimate of drug-likeness (QED) is 0.482. The van der Waals surface area contributed by atoms with E-state index >= 15 is 0 Å². The molecule has 0 aliphatic carbocycles. The summed E-state index contributed by atoms with van der Waals surface area (Å²) in [6, 6.07) is 3.03. The first-order chi connectivity index (χ1) is 6.84. The lowest BCUT2D eigenvalue weighted by Crippen LogP contribution is -2.14. The predicted octanol–water partition coefficient (Wildman–Crippen LogP) is -0.877. The average Bonchev–Trinajstić information content (AvgIpc) is 2.13. The van der Waals surface area contributed by atoms with Crippen molar-refractivity contribution in [3.05, 3.63) is 28.7 Å². The van der Waals surface area contributed by atoms with Gasteiger partial charge in [-0.2, -0.15) is 0 Å². The number of rotatable bonds is 0. The van der Waals surface area contributed by atoms with Crippen LogP contribution in [-0.4, -0.2) is 26.7 Å². The zero-order valence-electron chi connectivity index (χ0n) is 7.88. The highest BCUT2D eigenvalue weighted by Crippen LogP contribution is 1.92. The number of nitrogens with two attached hydrogens (primary N) is 1. The highest BCUT2D eigenvalue weighted by molar-refractivity contribution is 6.27. The molecule has 0 fully saturated rings. The van der Waals surface area contributed by atoms with Crippen LogP contribution in [0.1, 0.15) is 0 Å². The van der Waals surface area contributed by atoms with E-state index in [2.05, 4.69) is 0 Å². The molecule has 0 amide bonds. The van der Waals surface area contributed by atoms with Gasteiger partial charge in [0, 0.05) is 25.0 Å². The monoisotopic (exact) mass is 214 g/mol. The lowest BCUT2D eigenvalue weighted by atomic mass is 10.4. The number of anilines is 1. The van der Waals surface area contributed by atoms with Crippen molar-refractivity contribution in [3.8, 4) is 0 Å².